The summed E-state index contributed by atoms with van der Waals surface area (Å²) < 4.78 is 2.12. The lowest BCUT2D eigenvalue weighted by molar-refractivity contribution is -0.118. The van der Waals surface area contributed by atoms with Crippen LogP contribution in [0.4, 0.5) is 5.69 Å². The standard InChI is InChI=1S/C9H10BrIN2O/c1-5(9(12)14)13-6-2-3-8(11)7(10)4-6/h2-5,13H,1H3,(H2,12,14). The van der Waals surface area contributed by atoms with Gasteiger partial charge in [-0.05, 0) is 63.6 Å². The number of carbonyl (C=O) groups is 1. The largest absolute Gasteiger partial charge is 0.374 e. The van der Waals surface area contributed by atoms with Crippen LogP contribution in [0.2, 0.25) is 0 Å². The van der Waals surface area contributed by atoms with Gasteiger partial charge < -0.3 is 11.1 Å². The molecule has 1 atom stereocenters. The molecule has 0 heterocycles. The van der Waals surface area contributed by atoms with E-state index in [4.69, 9.17) is 5.73 Å². The fourth-order valence-electron chi connectivity index (χ4n) is 0.907. The Hall–Kier alpha value is -0.300. The zero-order valence-electron chi connectivity index (χ0n) is 7.55. The van der Waals surface area contributed by atoms with Gasteiger partial charge in [-0.25, -0.2) is 0 Å². The smallest absolute Gasteiger partial charge is 0.239 e. The van der Waals surface area contributed by atoms with E-state index in [2.05, 4.69) is 43.8 Å². The number of benzene rings is 1. The molecule has 76 valence electrons. The summed E-state index contributed by atoms with van der Waals surface area (Å²) in [4.78, 5) is 10.8. The van der Waals surface area contributed by atoms with Crippen LogP contribution < -0.4 is 11.1 Å². The average Bonchev–Trinajstić information content (AvgIpc) is 2.11. The molecule has 1 rings (SSSR count). The molecule has 0 saturated heterocycles. The number of carbonyl (C=O) groups excluding carboxylic acids is 1. The van der Waals surface area contributed by atoms with Gasteiger partial charge >= 0.3 is 0 Å². The van der Waals surface area contributed by atoms with Crippen molar-refractivity contribution in [3.05, 3.63) is 26.2 Å². The lowest BCUT2D eigenvalue weighted by Gasteiger charge is -2.12. The highest BCUT2D eigenvalue weighted by Gasteiger charge is 2.08. The number of nitrogens with one attached hydrogen (secondary N) is 1. The molecule has 3 N–H and O–H groups in total. The Labute approximate surface area is 105 Å². The Morgan fingerprint density at radius 1 is 1.64 bits per heavy atom. The molecular formula is C9H10BrIN2O. The van der Waals surface area contributed by atoms with Crippen LogP contribution in [-0.2, 0) is 4.79 Å². The van der Waals surface area contributed by atoms with Gasteiger partial charge in [-0.3, -0.25) is 4.79 Å². The summed E-state index contributed by atoms with van der Waals surface area (Å²) >= 11 is 5.63. The monoisotopic (exact) mass is 368 g/mol. The second-order valence-corrected chi connectivity index (χ2v) is 4.91. The van der Waals surface area contributed by atoms with Crippen LogP contribution in [0.1, 0.15) is 6.92 Å². The first-order valence-electron chi connectivity index (χ1n) is 4.01. The van der Waals surface area contributed by atoms with E-state index in [9.17, 15) is 4.79 Å². The van der Waals surface area contributed by atoms with E-state index in [1.54, 1.807) is 6.92 Å². The second kappa shape index (κ2) is 4.97. The molecule has 0 fully saturated rings. The topological polar surface area (TPSA) is 55.1 Å². The molecule has 0 aliphatic carbocycles. The van der Waals surface area contributed by atoms with E-state index in [-0.39, 0.29) is 11.9 Å². The van der Waals surface area contributed by atoms with Crippen molar-refractivity contribution in [2.75, 3.05) is 5.32 Å². The Morgan fingerprint density at radius 2 is 2.29 bits per heavy atom. The summed E-state index contributed by atoms with van der Waals surface area (Å²) in [6, 6.07) is 5.43. The lowest BCUT2D eigenvalue weighted by Crippen LogP contribution is -2.32. The first kappa shape index (κ1) is 11.8. The Kier molecular flexibility index (Phi) is 4.18. The average molecular weight is 369 g/mol. The quantitative estimate of drug-likeness (QED) is 0.804. The molecule has 0 spiro atoms. The van der Waals surface area contributed by atoms with Crippen molar-refractivity contribution < 1.29 is 4.79 Å². The molecule has 14 heavy (non-hydrogen) atoms. The number of hydrogen-bond acceptors (Lipinski definition) is 2. The predicted molar refractivity (Wildman–Crippen MR) is 69.1 cm³/mol. The van der Waals surface area contributed by atoms with Gasteiger partial charge in [-0.2, -0.15) is 0 Å². The van der Waals surface area contributed by atoms with Gasteiger partial charge in [-0.15, -0.1) is 0 Å². The highest BCUT2D eigenvalue weighted by Crippen LogP contribution is 2.23. The van der Waals surface area contributed by atoms with Crippen LogP contribution in [-0.4, -0.2) is 11.9 Å². The zero-order chi connectivity index (χ0) is 10.7. The second-order valence-electron chi connectivity index (χ2n) is 2.90. The lowest BCUT2D eigenvalue weighted by atomic mass is 10.2. The maximum atomic E-state index is 10.8. The summed E-state index contributed by atoms with van der Waals surface area (Å²) in [6.45, 7) is 1.73. The molecule has 0 aromatic heterocycles. The van der Waals surface area contributed by atoms with Crippen LogP contribution in [0.15, 0.2) is 22.7 Å². The van der Waals surface area contributed by atoms with Crippen LogP contribution >= 0.6 is 38.5 Å². The molecule has 1 aromatic rings. The summed E-state index contributed by atoms with van der Waals surface area (Å²) in [7, 11) is 0. The van der Waals surface area contributed by atoms with E-state index in [1.807, 2.05) is 18.2 Å². The first-order valence-corrected chi connectivity index (χ1v) is 5.89. The highest BCUT2D eigenvalue weighted by molar-refractivity contribution is 14.1. The van der Waals surface area contributed by atoms with Crippen molar-refractivity contribution in [3.8, 4) is 0 Å². The summed E-state index contributed by atoms with van der Waals surface area (Å²) in [6.07, 6.45) is 0. The number of anilines is 1. The van der Waals surface area contributed by atoms with Gasteiger partial charge in [0, 0.05) is 13.7 Å². The molecule has 0 aliphatic heterocycles. The Bertz CT molecular complexity index is 357. The van der Waals surface area contributed by atoms with Gasteiger partial charge in [0.05, 0.1) is 0 Å². The zero-order valence-corrected chi connectivity index (χ0v) is 11.3. The van der Waals surface area contributed by atoms with Gasteiger partial charge in [0.1, 0.15) is 6.04 Å². The van der Waals surface area contributed by atoms with Crippen molar-refractivity contribution >= 4 is 50.1 Å². The Morgan fingerprint density at radius 3 is 2.79 bits per heavy atom. The molecule has 0 bridgehead atoms. The molecule has 1 amide bonds. The van der Waals surface area contributed by atoms with E-state index in [0.717, 1.165) is 13.7 Å². The molecule has 3 nitrogen and oxygen atoms in total. The minimum atomic E-state index is -0.361. The van der Waals surface area contributed by atoms with Crippen molar-refractivity contribution in [2.45, 2.75) is 13.0 Å². The van der Waals surface area contributed by atoms with Gasteiger partial charge in [0.15, 0.2) is 0 Å². The third-order valence-electron chi connectivity index (χ3n) is 1.73. The number of primary amides is 1. The summed E-state index contributed by atoms with van der Waals surface area (Å²) in [5.74, 6) is -0.361. The van der Waals surface area contributed by atoms with E-state index < -0.39 is 0 Å². The van der Waals surface area contributed by atoms with Crippen molar-refractivity contribution in [1.29, 1.82) is 0 Å². The third-order valence-corrected chi connectivity index (χ3v) is 4.07. The molecule has 0 radical (unpaired) electrons. The van der Waals surface area contributed by atoms with Crippen molar-refractivity contribution in [1.82, 2.24) is 0 Å². The number of nitrogens with two attached hydrogens (primary N) is 1. The number of rotatable bonds is 3. The molecule has 5 heteroatoms. The van der Waals surface area contributed by atoms with Crippen LogP contribution in [0.25, 0.3) is 0 Å². The summed E-state index contributed by atoms with van der Waals surface area (Å²) in [5.41, 5.74) is 6.02. The van der Waals surface area contributed by atoms with Gasteiger partial charge in [-0.1, -0.05) is 0 Å². The highest BCUT2D eigenvalue weighted by atomic mass is 127. The molecular weight excluding hydrogens is 359 g/mol. The van der Waals surface area contributed by atoms with Crippen LogP contribution in [0, 0.1) is 3.57 Å². The van der Waals surface area contributed by atoms with Crippen molar-refractivity contribution in [2.24, 2.45) is 5.73 Å². The third kappa shape index (κ3) is 3.13. The van der Waals surface area contributed by atoms with Crippen LogP contribution in [0.5, 0.6) is 0 Å². The maximum absolute atomic E-state index is 10.8. The van der Waals surface area contributed by atoms with Crippen molar-refractivity contribution in [3.63, 3.8) is 0 Å². The normalized spacial score (nSPS) is 12.2. The van der Waals surface area contributed by atoms with E-state index >= 15 is 0 Å². The SMILES string of the molecule is CC(Nc1ccc(I)c(Br)c1)C(N)=O. The fourth-order valence-corrected chi connectivity index (χ4v) is 1.62. The first-order chi connectivity index (χ1) is 6.50. The number of amides is 1. The molecule has 1 unspecified atom stereocenters. The molecule has 0 saturated carbocycles. The van der Waals surface area contributed by atoms with E-state index in [0.29, 0.717) is 0 Å². The molecule has 0 aliphatic rings. The van der Waals surface area contributed by atoms with Gasteiger partial charge in [0.2, 0.25) is 5.91 Å². The number of hydrogen-bond donors (Lipinski definition) is 2. The van der Waals surface area contributed by atoms with E-state index in [1.165, 1.54) is 0 Å². The Balaban J connectivity index is 2.78. The molecule has 1 aromatic carbocycles. The predicted octanol–water partition coefficient (Wildman–Crippen LogP) is 2.34. The van der Waals surface area contributed by atoms with Gasteiger partial charge in [0.25, 0.3) is 0 Å². The fraction of sp³-hybridized carbons (Fsp3) is 0.222. The maximum Gasteiger partial charge on any atom is 0.239 e. The minimum absolute atomic E-state index is 0.359. The minimum Gasteiger partial charge on any atom is -0.374 e. The van der Waals surface area contributed by atoms with Crippen LogP contribution in [0.3, 0.4) is 0 Å². The number of halogens is 2. The summed E-state index contributed by atoms with van der Waals surface area (Å²) in [5, 5.41) is 3.00.